The van der Waals surface area contributed by atoms with Gasteiger partial charge in [0.05, 0.1) is 0 Å². The molecule has 0 amide bonds. The summed E-state index contributed by atoms with van der Waals surface area (Å²) in [7, 11) is 0. The number of para-hydroxylation sites is 1. The molecule has 0 saturated carbocycles. The zero-order valence-corrected chi connectivity index (χ0v) is 11.3. The minimum atomic E-state index is -1.23. The highest BCUT2D eigenvalue weighted by molar-refractivity contribution is 5.91. The lowest BCUT2D eigenvalue weighted by molar-refractivity contribution is -0.140. The van der Waals surface area contributed by atoms with Gasteiger partial charge < -0.3 is 19.3 Å². The van der Waals surface area contributed by atoms with E-state index in [1.54, 1.807) is 0 Å². The molecule has 112 valence electrons. The molecule has 0 saturated heterocycles. The quantitative estimate of drug-likeness (QED) is 0.371. The number of carbonyl (C=O) groups is 3. The van der Waals surface area contributed by atoms with Crippen LogP contribution in [0, 0.1) is 0 Å². The number of hydrogen-bond donors (Lipinski definition) is 1. The monoisotopic (exact) mass is 294 g/mol. The van der Waals surface area contributed by atoms with E-state index >= 15 is 0 Å². The maximum atomic E-state index is 11.4. The van der Waals surface area contributed by atoms with Crippen molar-refractivity contribution in [3.05, 3.63) is 42.0 Å². The Morgan fingerprint density at radius 1 is 1.14 bits per heavy atom. The first kappa shape index (κ1) is 16.2. The summed E-state index contributed by atoms with van der Waals surface area (Å²) < 4.78 is 14.1. The molecule has 0 unspecified atom stereocenters. The summed E-state index contributed by atoms with van der Waals surface area (Å²) >= 11 is 0. The van der Waals surface area contributed by atoms with Crippen molar-refractivity contribution in [1.29, 1.82) is 0 Å². The van der Waals surface area contributed by atoms with Crippen molar-refractivity contribution < 1.29 is 33.7 Å². The van der Waals surface area contributed by atoms with Gasteiger partial charge in [0.15, 0.2) is 0 Å². The van der Waals surface area contributed by atoms with Crippen molar-refractivity contribution in [3.63, 3.8) is 0 Å². The smallest absolute Gasteiger partial charge is 0.478 e. The van der Waals surface area contributed by atoms with Gasteiger partial charge in [-0.15, -0.1) is 0 Å². The largest absolute Gasteiger partial charge is 0.513 e. The number of ether oxygens (including phenoxy) is 3. The zero-order valence-electron chi connectivity index (χ0n) is 11.3. The summed E-state index contributed by atoms with van der Waals surface area (Å²) in [6.45, 7) is 4.51. The molecule has 0 aliphatic rings. The van der Waals surface area contributed by atoms with Crippen LogP contribution in [0.25, 0.3) is 0 Å². The van der Waals surface area contributed by atoms with E-state index in [9.17, 15) is 14.4 Å². The lowest BCUT2D eigenvalue weighted by Gasteiger charge is -2.08. The second-order valence-corrected chi connectivity index (χ2v) is 3.92. The topological polar surface area (TPSA) is 99.1 Å². The molecule has 21 heavy (non-hydrogen) atoms. The summed E-state index contributed by atoms with van der Waals surface area (Å²) in [6.07, 6.45) is -1.09. The molecular formula is C14H14O7. The summed E-state index contributed by atoms with van der Waals surface area (Å²) in [5.74, 6) is -1.95. The van der Waals surface area contributed by atoms with Crippen molar-refractivity contribution in [1.82, 2.24) is 0 Å². The standard InChI is InChI=1S/C14H14O7/c1-9(2)13(17)19-7-8-20-14(18)21-11-6-4-3-5-10(11)12(15)16/h3-6H,1,7-8H2,2H3,(H,15,16). The van der Waals surface area contributed by atoms with Gasteiger partial charge in [-0.1, -0.05) is 18.7 Å². The molecule has 1 aromatic rings. The van der Waals surface area contributed by atoms with E-state index in [1.165, 1.54) is 31.2 Å². The number of rotatable bonds is 6. The molecule has 0 aliphatic heterocycles. The molecule has 0 heterocycles. The SMILES string of the molecule is C=C(C)C(=O)OCCOC(=O)Oc1ccccc1C(=O)O. The van der Waals surface area contributed by atoms with Gasteiger partial charge in [0.1, 0.15) is 24.5 Å². The third-order valence-corrected chi connectivity index (χ3v) is 2.20. The van der Waals surface area contributed by atoms with Crippen LogP contribution in [0.2, 0.25) is 0 Å². The van der Waals surface area contributed by atoms with Gasteiger partial charge in [0.25, 0.3) is 0 Å². The fraction of sp³-hybridized carbons (Fsp3) is 0.214. The highest BCUT2D eigenvalue weighted by Crippen LogP contribution is 2.18. The van der Waals surface area contributed by atoms with E-state index in [-0.39, 0.29) is 30.1 Å². The van der Waals surface area contributed by atoms with Gasteiger partial charge in [-0.25, -0.2) is 14.4 Å². The predicted octanol–water partition coefficient (Wildman–Crippen LogP) is 2.02. The van der Waals surface area contributed by atoms with Gasteiger partial charge in [-0.2, -0.15) is 0 Å². The van der Waals surface area contributed by atoms with E-state index in [4.69, 9.17) is 14.6 Å². The fourth-order valence-corrected chi connectivity index (χ4v) is 1.23. The molecule has 1 N–H and O–H groups in total. The van der Waals surface area contributed by atoms with Crippen LogP contribution >= 0.6 is 0 Å². The number of hydrogen-bond acceptors (Lipinski definition) is 6. The molecule has 0 fully saturated rings. The molecule has 0 aliphatic carbocycles. The van der Waals surface area contributed by atoms with Crippen LogP contribution in [0.4, 0.5) is 4.79 Å². The number of benzene rings is 1. The zero-order chi connectivity index (χ0) is 15.8. The second-order valence-electron chi connectivity index (χ2n) is 3.92. The number of aromatic carboxylic acids is 1. The van der Waals surface area contributed by atoms with Crippen molar-refractivity contribution >= 4 is 18.1 Å². The molecule has 1 aromatic carbocycles. The third kappa shape index (κ3) is 5.35. The van der Waals surface area contributed by atoms with Gasteiger partial charge in [0, 0.05) is 5.57 Å². The minimum Gasteiger partial charge on any atom is -0.478 e. The van der Waals surface area contributed by atoms with Crippen molar-refractivity contribution in [2.24, 2.45) is 0 Å². The van der Waals surface area contributed by atoms with Crippen LogP contribution in [-0.4, -0.2) is 36.4 Å². The number of carbonyl (C=O) groups excluding carboxylic acids is 2. The Morgan fingerprint density at radius 3 is 2.38 bits per heavy atom. The van der Waals surface area contributed by atoms with E-state index < -0.39 is 18.1 Å². The highest BCUT2D eigenvalue weighted by Gasteiger charge is 2.14. The normalized spacial score (nSPS) is 9.57. The summed E-state index contributed by atoms with van der Waals surface area (Å²) in [5, 5.41) is 8.91. The van der Waals surface area contributed by atoms with Crippen molar-refractivity contribution in [3.8, 4) is 5.75 Å². The van der Waals surface area contributed by atoms with Gasteiger partial charge in [0.2, 0.25) is 0 Å². The number of carboxylic acid groups (broad SMARTS) is 1. The van der Waals surface area contributed by atoms with Crippen LogP contribution < -0.4 is 4.74 Å². The van der Waals surface area contributed by atoms with Gasteiger partial charge in [-0.05, 0) is 19.1 Å². The molecule has 0 radical (unpaired) electrons. The van der Waals surface area contributed by atoms with Crippen LogP contribution in [0.3, 0.4) is 0 Å². The molecule has 7 heteroatoms. The Hall–Kier alpha value is -2.83. The lowest BCUT2D eigenvalue weighted by Crippen LogP contribution is -2.17. The molecule has 7 nitrogen and oxygen atoms in total. The maximum Gasteiger partial charge on any atom is 0.513 e. The van der Waals surface area contributed by atoms with Crippen LogP contribution in [-0.2, 0) is 14.3 Å². The first-order valence-corrected chi connectivity index (χ1v) is 5.91. The van der Waals surface area contributed by atoms with E-state index in [0.29, 0.717) is 0 Å². The van der Waals surface area contributed by atoms with E-state index in [1.807, 2.05) is 0 Å². The molecule has 0 atom stereocenters. The number of carboxylic acids is 1. The molecule has 0 spiro atoms. The van der Waals surface area contributed by atoms with Gasteiger partial charge in [-0.3, -0.25) is 0 Å². The van der Waals surface area contributed by atoms with Gasteiger partial charge >= 0.3 is 18.1 Å². The van der Waals surface area contributed by atoms with Crippen molar-refractivity contribution in [2.75, 3.05) is 13.2 Å². The molecular weight excluding hydrogens is 280 g/mol. The van der Waals surface area contributed by atoms with E-state index in [0.717, 1.165) is 0 Å². The average Bonchev–Trinajstić information content (AvgIpc) is 2.43. The lowest BCUT2D eigenvalue weighted by atomic mass is 10.2. The summed E-state index contributed by atoms with van der Waals surface area (Å²) in [4.78, 5) is 33.3. The Morgan fingerprint density at radius 2 is 1.76 bits per heavy atom. The third-order valence-electron chi connectivity index (χ3n) is 2.20. The van der Waals surface area contributed by atoms with Crippen LogP contribution in [0.15, 0.2) is 36.4 Å². The molecule has 0 aromatic heterocycles. The van der Waals surface area contributed by atoms with Crippen LogP contribution in [0.1, 0.15) is 17.3 Å². The van der Waals surface area contributed by atoms with Crippen LogP contribution in [0.5, 0.6) is 5.75 Å². The Balaban J connectivity index is 2.43. The first-order chi connectivity index (χ1) is 9.91. The Kier molecular flexibility index (Phi) is 5.94. The minimum absolute atomic E-state index is 0.131. The molecule has 0 bridgehead atoms. The Labute approximate surface area is 120 Å². The fourth-order valence-electron chi connectivity index (χ4n) is 1.23. The number of esters is 1. The summed E-state index contributed by atoms with van der Waals surface area (Å²) in [6, 6.07) is 5.63. The second kappa shape index (κ2) is 7.68. The highest BCUT2D eigenvalue weighted by atomic mass is 16.7. The first-order valence-electron chi connectivity index (χ1n) is 5.91. The van der Waals surface area contributed by atoms with E-state index in [2.05, 4.69) is 11.3 Å². The molecule has 1 rings (SSSR count). The summed E-state index contributed by atoms with van der Waals surface area (Å²) in [5.41, 5.74) is 0.0659. The average molecular weight is 294 g/mol. The predicted molar refractivity (Wildman–Crippen MR) is 71.2 cm³/mol. The van der Waals surface area contributed by atoms with Crippen molar-refractivity contribution in [2.45, 2.75) is 6.92 Å². The Bertz CT molecular complexity index is 562. The maximum absolute atomic E-state index is 11.4.